The van der Waals surface area contributed by atoms with Gasteiger partial charge < -0.3 is 35.8 Å². The molecule has 1 aromatic rings. The number of amides is 6. The molecule has 1 aromatic carbocycles. The van der Waals surface area contributed by atoms with Crippen molar-refractivity contribution in [2.24, 2.45) is 17.3 Å². The van der Waals surface area contributed by atoms with E-state index in [4.69, 9.17) is 4.74 Å². The molecule has 4 N–H and O–H groups in total. The SMILES string of the molecule is CCCC(NC(=O)[C@@H]1CC(C)(C)CN1C(=O)[C@@H](NC(=O)OCC(C)C)C1CCCCC1)C(=O)C(=O)NCC(=O)NC(C(=O)N(C)C)c1ccccc1. The van der Waals surface area contributed by atoms with E-state index < -0.39 is 65.7 Å². The van der Waals surface area contributed by atoms with Crippen LogP contribution in [0.4, 0.5) is 4.79 Å². The van der Waals surface area contributed by atoms with Crippen molar-refractivity contribution in [2.75, 3.05) is 33.8 Å². The summed E-state index contributed by atoms with van der Waals surface area (Å²) in [6.45, 7) is 9.42. The number of likely N-dealkylation sites (tertiary alicyclic amines) is 1. The fourth-order valence-electron chi connectivity index (χ4n) is 6.81. The van der Waals surface area contributed by atoms with Gasteiger partial charge >= 0.3 is 6.09 Å². The van der Waals surface area contributed by atoms with Crippen LogP contribution >= 0.6 is 0 Å². The Morgan fingerprint density at radius 2 is 1.60 bits per heavy atom. The zero-order chi connectivity index (χ0) is 38.6. The fourth-order valence-corrected chi connectivity index (χ4v) is 6.81. The van der Waals surface area contributed by atoms with E-state index in [0.29, 0.717) is 18.4 Å². The zero-order valence-corrected chi connectivity index (χ0v) is 31.8. The van der Waals surface area contributed by atoms with Crippen LogP contribution in [0, 0.1) is 17.3 Å². The normalized spacial score (nSPS) is 18.8. The summed E-state index contributed by atoms with van der Waals surface area (Å²) in [5, 5.41) is 10.5. The Kier molecular flexibility index (Phi) is 15.6. The topological polar surface area (TPSA) is 183 Å². The lowest BCUT2D eigenvalue weighted by molar-refractivity contribution is -0.143. The van der Waals surface area contributed by atoms with Gasteiger partial charge in [0.2, 0.25) is 29.4 Å². The van der Waals surface area contributed by atoms with Crippen molar-refractivity contribution >= 4 is 41.4 Å². The number of ether oxygens (including phenoxy) is 1. The second kappa shape index (κ2) is 19.4. The van der Waals surface area contributed by atoms with E-state index in [9.17, 15) is 33.6 Å². The van der Waals surface area contributed by atoms with Crippen molar-refractivity contribution in [2.45, 2.75) is 110 Å². The number of hydrogen-bond donors (Lipinski definition) is 4. The molecule has 1 aliphatic heterocycles. The van der Waals surface area contributed by atoms with Gasteiger partial charge in [0.15, 0.2) is 0 Å². The highest BCUT2D eigenvalue weighted by atomic mass is 16.5. The molecule has 14 heteroatoms. The highest BCUT2D eigenvalue weighted by Gasteiger charge is 2.47. The van der Waals surface area contributed by atoms with Crippen molar-refractivity contribution in [1.82, 2.24) is 31.1 Å². The van der Waals surface area contributed by atoms with Gasteiger partial charge in [0.1, 0.15) is 18.1 Å². The van der Waals surface area contributed by atoms with Gasteiger partial charge in [-0.15, -0.1) is 0 Å². The molecule has 2 unspecified atom stereocenters. The molecule has 52 heavy (non-hydrogen) atoms. The second-order valence-corrected chi connectivity index (χ2v) is 15.4. The van der Waals surface area contributed by atoms with E-state index in [2.05, 4.69) is 21.3 Å². The van der Waals surface area contributed by atoms with Crippen molar-refractivity contribution in [1.29, 1.82) is 0 Å². The number of Topliss-reactive ketones (excluding diaryl/α,β-unsaturated/α-hetero) is 1. The van der Waals surface area contributed by atoms with Crippen LogP contribution in [-0.4, -0.2) is 103 Å². The Bertz CT molecular complexity index is 1430. The van der Waals surface area contributed by atoms with Gasteiger partial charge in [-0.3, -0.25) is 28.8 Å². The number of benzene rings is 1. The standard InChI is InChI=1S/C38H58N6O8/c1-8-15-27(32(46)34(48)39-21-29(45)41-30(35(49)43(6)7)25-16-11-9-12-17-25)40-33(47)28-20-38(4,5)23-44(28)36(50)31(26-18-13-10-14-19-26)42-37(51)52-22-24(2)3/h9,11-12,16-17,24,26-28,30-31H,8,10,13-15,18-23H2,1-7H3,(H,39,48)(H,40,47)(H,41,45)(H,42,51)/t27?,28-,30?,31-/m0/s1. The number of carbonyl (C=O) groups is 7. The number of nitrogens with zero attached hydrogens (tertiary/aromatic N) is 2. The van der Waals surface area contributed by atoms with Gasteiger partial charge in [-0.05, 0) is 48.5 Å². The second-order valence-electron chi connectivity index (χ2n) is 15.4. The van der Waals surface area contributed by atoms with Gasteiger partial charge in [-0.1, -0.05) is 90.6 Å². The van der Waals surface area contributed by atoms with Crippen LogP contribution < -0.4 is 21.3 Å². The lowest BCUT2D eigenvalue weighted by atomic mass is 9.83. The van der Waals surface area contributed by atoms with Gasteiger partial charge in [0, 0.05) is 20.6 Å². The molecule has 1 saturated carbocycles. The first-order valence-corrected chi connectivity index (χ1v) is 18.5. The molecule has 0 bridgehead atoms. The van der Waals surface area contributed by atoms with E-state index in [1.54, 1.807) is 51.4 Å². The Morgan fingerprint density at radius 1 is 0.942 bits per heavy atom. The third-order valence-corrected chi connectivity index (χ3v) is 9.48. The van der Waals surface area contributed by atoms with Crippen molar-refractivity contribution in [3.05, 3.63) is 35.9 Å². The van der Waals surface area contributed by atoms with Crippen LogP contribution in [0.2, 0.25) is 0 Å². The lowest BCUT2D eigenvalue weighted by Crippen LogP contribution is -2.58. The summed E-state index contributed by atoms with van der Waals surface area (Å²) in [5.74, 6) is -4.00. The van der Waals surface area contributed by atoms with Gasteiger partial charge in [-0.25, -0.2) is 4.79 Å². The molecule has 1 aliphatic carbocycles. The number of alkyl carbamates (subject to hydrolysis) is 1. The summed E-state index contributed by atoms with van der Waals surface area (Å²) in [7, 11) is 3.12. The molecule has 2 fully saturated rings. The largest absolute Gasteiger partial charge is 0.449 e. The van der Waals surface area contributed by atoms with Crippen LogP contribution in [0.5, 0.6) is 0 Å². The Morgan fingerprint density at radius 3 is 2.19 bits per heavy atom. The molecule has 6 amide bonds. The summed E-state index contributed by atoms with van der Waals surface area (Å²) >= 11 is 0. The number of likely N-dealkylation sites (N-methyl/N-ethyl adjacent to an activating group) is 1. The summed E-state index contributed by atoms with van der Waals surface area (Å²) < 4.78 is 5.36. The van der Waals surface area contributed by atoms with Gasteiger partial charge in [0.25, 0.3) is 5.91 Å². The van der Waals surface area contributed by atoms with Gasteiger partial charge in [-0.2, -0.15) is 0 Å². The molecule has 2 aliphatic rings. The van der Waals surface area contributed by atoms with E-state index in [0.717, 1.165) is 32.1 Å². The maximum absolute atomic E-state index is 14.3. The lowest BCUT2D eigenvalue weighted by Gasteiger charge is -2.35. The molecule has 0 radical (unpaired) electrons. The molecule has 1 heterocycles. The third-order valence-electron chi connectivity index (χ3n) is 9.48. The fraction of sp³-hybridized carbons (Fsp3) is 0.658. The molecule has 288 valence electrons. The molecule has 0 spiro atoms. The molecule has 1 saturated heterocycles. The predicted molar refractivity (Wildman–Crippen MR) is 194 cm³/mol. The minimum Gasteiger partial charge on any atom is -0.449 e. The molecule has 3 rings (SSSR count). The first-order valence-electron chi connectivity index (χ1n) is 18.5. The van der Waals surface area contributed by atoms with Crippen LogP contribution in [0.3, 0.4) is 0 Å². The average molecular weight is 727 g/mol. The Hall–Kier alpha value is -4.49. The molecular weight excluding hydrogens is 668 g/mol. The summed E-state index contributed by atoms with van der Waals surface area (Å²) in [6, 6.07) is 4.63. The van der Waals surface area contributed by atoms with Gasteiger partial charge in [0.05, 0.1) is 19.2 Å². The van der Waals surface area contributed by atoms with E-state index in [1.807, 2.05) is 27.7 Å². The first-order chi connectivity index (χ1) is 24.5. The number of ketones is 1. The number of rotatable bonds is 16. The first kappa shape index (κ1) is 41.9. The zero-order valence-electron chi connectivity index (χ0n) is 31.8. The van der Waals surface area contributed by atoms with Crippen LogP contribution in [0.1, 0.15) is 97.6 Å². The van der Waals surface area contributed by atoms with E-state index in [1.165, 1.54) is 9.80 Å². The van der Waals surface area contributed by atoms with Crippen LogP contribution in [-0.2, 0) is 33.5 Å². The van der Waals surface area contributed by atoms with Crippen LogP contribution in [0.15, 0.2) is 30.3 Å². The summed E-state index contributed by atoms with van der Waals surface area (Å²) in [5.41, 5.74) is 0.116. The highest BCUT2D eigenvalue weighted by molar-refractivity contribution is 6.38. The molecule has 14 nitrogen and oxygen atoms in total. The molecule has 4 atom stereocenters. The smallest absolute Gasteiger partial charge is 0.407 e. The summed E-state index contributed by atoms with van der Waals surface area (Å²) in [4.78, 5) is 95.8. The van der Waals surface area contributed by atoms with Crippen molar-refractivity contribution in [3.8, 4) is 0 Å². The third kappa shape index (κ3) is 12.0. The van der Waals surface area contributed by atoms with E-state index in [-0.39, 0.29) is 43.2 Å². The summed E-state index contributed by atoms with van der Waals surface area (Å²) in [6.07, 6.45) is 4.67. The quantitative estimate of drug-likeness (QED) is 0.188. The van der Waals surface area contributed by atoms with Crippen molar-refractivity contribution in [3.63, 3.8) is 0 Å². The number of hydrogen-bond acceptors (Lipinski definition) is 8. The Balaban J connectivity index is 1.71. The monoisotopic (exact) mass is 726 g/mol. The molecular formula is C38H58N6O8. The van der Waals surface area contributed by atoms with E-state index >= 15 is 0 Å². The minimum atomic E-state index is -1.20. The number of carbonyl (C=O) groups excluding carboxylic acids is 7. The maximum Gasteiger partial charge on any atom is 0.407 e. The average Bonchev–Trinajstić information content (AvgIpc) is 3.45. The predicted octanol–water partition coefficient (Wildman–Crippen LogP) is 2.86. The van der Waals surface area contributed by atoms with Crippen molar-refractivity contribution < 1.29 is 38.3 Å². The minimum absolute atomic E-state index is 0.112. The molecule has 0 aromatic heterocycles. The highest BCUT2D eigenvalue weighted by Crippen LogP contribution is 2.36. The Labute approximate surface area is 307 Å². The number of nitrogens with one attached hydrogen (secondary N) is 4. The van der Waals surface area contributed by atoms with Crippen LogP contribution in [0.25, 0.3) is 0 Å². The maximum atomic E-state index is 14.3.